The first-order valence-corrected chi connectivity index (χ1v) is 4.94. The van der Waals surface area contributed by atoms with Crippen LogP contribution in [0, 0.1) is 5.92 Å². The number of rotatable bonds is 4. The van der Waals surface area contributed by atoms with Gasteiger partial charge in [0.1, 0.15) is 6.04 Å². The van der Waals surface area contributed by atoms with Gasteiger partial charge in [-0.3, -0.25) is 9.59 Å². The van der Waals surface area contributed by atoms with Gasteiger partial charge < -0.3 is 10.0 Å². The molecule has 1 aliphatic heterocycles. The Morgan fingerprint density at radius 2 is 1.88 bits per heavy atom. The zero-order chi connectivity index (χ0) is 12.3. The molecule has 0 bridgehead atoms. The van der Waals surface area contributed by atoms with E-state index < -0.39 is 23.8 Å². The fraction of sp³-hybridized carbons (Fsp3) is 0.667. The van der Waals surface area contributed by atoms with Crippen molar-refractivity contribution in [1.29, 1.82) is 0 Å². The van der Waals surface area contributed by atoms with E-state index in [0.717, 1.165) is 0 Å². The standard InChI is InChI=1S/C9H14N2O5/c1-5(2)8(10-15)9(14)16-11-6(12)3-4-7(11)13/h5,8,10,15H,3-4H2,1-2H3/t8-/m0/s1. The molecule has 0 aromatic carbocycles. The lowest BCUT2D eigenvalue weighted by Crippen LogP contribution is -2.44. The van der Waals surface area contributed by atoms with E-state index in [4.69, 9.17) is 5.21 Å². The molecule has 0 unspecified atom stereocenters. The number of carbonyl (C=O) groups excluding carboxylic acids is 3. The van der Waals surface area contributed by atoms with E-state index in [2.05, 4.69) is 4.84 Å². The first-order chi connectivity index (χ1) is 7.47. The lowest BCUT2D eigenvalue weighted by Gasteiger charge is -2.19. The lowest BCUT2D eigenvalue weighted by molar-refractivity contribution is -0.201. The van der Waals surface area contributed by atoms with E-state index in [1.165, 1.54) is 0 Å². The van der Waals surface area contributed by atoms with E-state index in [0.29, 0.717) is 5.06 Å². The number of carbonyl (C=O) groups is 3. The fourth-order valence-electron chi connectivity index (χ4n) is 1.28. The highest BCUT2D eigenvalue weighted by Crippen LogP contribution is 2.14. The van der Waals surface area contributed by atoms with Gasteiger partial charge in [0, 0.05) is 12.8 Å². The molecule has 1 rings (SSSR count). The van der Waals surface area contributed by atoms with Crippen molar-refractivity contribution in [3.05, 3.63) is 0 Å². The van der Waals surface area contributed by atoms with E-state index >= 15 is 0 Å². The summed E-state index contributed by atoms with van der Waals surface area (Å²) in [6.07, 6.45) is 0.0933. The molecule has 16 heavy (non-hydrogen) atoms. The maximum Gasteiger partial charge on any atom is 0.352 e. The molecule has 1 atom stereocenters. The molecule has 7 heteroatoms. The highest BCUT2D eigenvalue weighted by molar-refractivity contribution is 6.01. The lowest BCUT2D eigenvalue weighted by atomic mass is 10.1. The molecular formula is C9H14N2O5. The number of hydroxylamine groups is 3. The van der Waals surface area contributed by atoms with E-state index in [9.17, 15) is 14.4 Å². The number of imide groups is 1. The maximum atomic E-state index is 11.5. The van der Waals surface area contributed by atoms with Crippen LogP contribution in [-0.2, 0) is 19.2 Å². The molecule has 0 radical (unpaired) electrons. The van der Waals surface area contributed by atoms with Crippen LogP contribution in [0.4, 0.5) is 0 Å². The Balaban J connectivity index is 2.63. The van der Waals surface area contributed by atoms with Gasteiger partial charge in [-0.25, -0.2) is 4.79 Å². The second-order valence-corrected chi connectivity index (χ2v) is 3.84. The van der Waals surface area contributed by atoms with Crippen molar-refractivity contribution in [2.75, 3.05) is 0 Å². The van der Waals surface area contributed by atoms with Crippen LogP contribution in [0.5, 0.6) is 0 Å². The molecule has 0 saturated carbocycles. The van der Waals surface area contributed by atoms with Crippen molar-refractivity contribution in [3.8, 4) is 0 Å². The number of nitrogens with zero attached hydrogens (tertiary/aromatic N) is 1. The summed E-state index contributed by atoms with van der Waals surface area (Å²) < 4.78 is 0. The van der Waals surface area contributed by atoms with Gasteiger partial charge in [-0.1, -0.05) is 13.8 Å². The van der Waals surface area contributed by atoms with Gasteiger partial charge in [0.15, 0.2) is 0 Å². The number of nitrogens with one attached hydrogen (secondary N) is 1. The van der Waals surface area contributed by atoms with E-state index in [1.54, 1.807) is 19.3 Å². The maximum absolute atomic E-state index is 11.5. The third-order valence-electron chi connectivity index (χ3n) is 2.25. The Morgan fingerprint density at radius 1 is 1.38 bits per heavy atom. The summed E-state index contributed by atoms with van der Waals surface area (Å²) in [6.45, 7) is 3.37. The van der Waals surface area contributed by atoms with E-state index in [1.807, 2.05) is 0 Å². The monoisotopic (exact) mass is 230 g/mol. The zero-order valence-electron chi connectivity index (χ0n) is 9.10. The minimum Gasteiger partial charge on any atom is -0.328 e. The molecule has 2 N–H and O–H groups in total. The Kier molecular flexibility index (Phi) is 3.97. The highest BCUT2D eigenvalue weighted by atomic mass is 16.7. The number of hydrogen-bond acceptors (Lipinski definition) is 6. The average Bonchev–Trinajstić information content (AvgIpc) is 2.50. The van der Waals surface area contributed by atoms with Crippen molar-refractivity contribution in [2.24, 2.45) is 5.92 Å². The summed E-state index contributed by atoms with van der Waals surface area (Å²) in [7, 11) is 0. The fourth-order valence-corrected chi connectivity index (χ4v) is 1.28. The van der Waals surface area contributed by atoms with Crippen molar-refractivity contribution in [3.63, 3.8) is 0 Å². The molecule has 0 aromatic heterocycles. The van der Waals surface area contributed by atoms with Crippen molar-refractivity contribution in [1.82, 2.24) is 10.5 Å². The second-order valence-electron chi connectivity index (χ2n) is 3.84. The smallest absolute Gasteiger partial charge is 0.328 e. The minimum atomic E-state index is -0.971. The summed E-state index contributed by atoms with van der Waals surface area (Å²) in [4.78, 5) is 38.4. The molecule has 1 aliphatic rings. The number of amides is 2. The average molecular weight is 230 g/mol. The number of hydrogen-bond donors (Lipinski definition) is 2. The molecular weight excluding hydrogens is 216 g/mol. The molecule has 90 valence electrons. The predicted octanol–water partition coefficient (Wildman–Crippen LogP) is -0.403. The molecule has 0 aromatic rings. The Morgan fingerprint density at radius 3 is 2.25 bits per heavy atom. The summed E-state index contributed by atoms with van der Waals surface area (Å²) >= 11 is 0. The van der Waals surface area contributed by atoms with Crippen molar-refractivity contribution in [2.45, 2.75) is 32.7 Å². The van der Waals surface area contributed by atoms with Crippen LogP contribution in [0.25, 0.3) is 0 Å². The van der Waals surface area contributed by atoms with Crippen molar-refractivity contribution >= 4 is 17.8 Å². The predicted molar refractivity (Wildman–Crippen MR) is 50.7 cm³/mol. The summed E-state index contributed by atoms with van der Waals surface area (Å²) in [5.74, 6) is -2.18. The quantitative estimate of drug-likeness (QED) is 0.504. The molecule has 0 spiro atoms. The van der Waals surface area contributed by atoms with Gasteiger partial charge in [0.25, 0.3) is 11.8 Å². The Hall–Kier alpha value is -1.47. The molecule has 1 heterocycles. The van der Waals surface area contributed by atoms with Gasteiger partial charge in [0.2, 0.25) is 0 Å². The van der Waals surface area contributed by atoms with Crippen molar-refractivity contribution < 1.29 is 24.4 Å². The topological polar surface area (TPSA) is 95.9 Å². The molecule has 7 nitrogen and oxygen atoms in total. The zero-order valence-corrected chi connectivity index (χ0v) is 9.10. The molecule has 0 aliphatic carbocycles. The van der Waals surface area contributed by atoms with Crippen LogP contribution in [0.3, 0.4) is 0 Å². The van der Waals surface area contributed by atoms with Gasteiger partial charge >= 0.3 is 5.97 Å². The summed E-state index contributed by atoms with van der Waals surface area (Å²) in [5, 5.41) is 9.19. The van der Waals surface area contributed by atoms with Crippen LogP contribution in [0.2, 0.25) is 0 Å². The van der Waals surface area contributed by atoms with Crippen LogP contribution >= 0.6 is 0 Å². The van der Waals surface area contributed by atoms with E-state index in [-0.39, 0.29) is 18.8 Å². The van der Waals surface area contributed by atoms with Crippen LogP contribution < -0.4 is 5.48 Å². The highest BCUT2D eigenvalue weighted by Gasteiger charge is 2.35. The second kappa shape index (κ2) is 5.04. The van der Waals surface area contributed by atoms with Crippen LogP contribution in [-0.4, -0.2) is 34.1 Å². The first-order valence-electron chi connectivity index (χ1n) is 4.94. The van der Waals surface area contributed by atoms with Gasteiger partial charge in [0.05, 0.1) is 0 Å². The third kappa shape index (κ3) is 2.56. The molecule has 1 saturated heterocycles. The first kappa shape index (κ1) is 12.6. The largest absolute Gasteiger partial charge is 0.352 e. The summed E-state index contributed by atoms with van der Waals surface area (Å²) in [6, 6.07) is -0.971. The van der Waals surface area contributed by atoms with Gasteiger partial charge in [-0.05, 0) is 5.92 Å². The van der Waals surface area contributed by atoms with Crippen LogP contribution in [0.15, 0.2) is 0 Å². The molecule has 2 amide bonds. The van der Waals surface area contributed by atoms with Gasteiger partial charge in [-0.15, -0.1) is 5.06 Å². The minimum absolute atomic E-state index is 0.0466. The SMILES string of the molecule is CC(C)[C@H](NO)C(=O)ON1C(=O)CCC1=O. The Labute approximate surface area is 92.3 Å². The summed E-state index contributed by atoms with van der Waals surface area (Å²) in [5.41, 5.74) is 1.78. The van der Waals surface area contributed by atoms with Gasteiger partial charge in [-0.2, -0.15) is 5.48 Å². The normalized spacial score (nSPS) is 18.1. The Bertz CT molecular complexity index is 299. The third-order valence-corrected chi connectivity index (χ3v) is 2.25. The molecule has 1 fully saturated rings. The van der Waals surface area contributed by atoms with Crippen LogP contribution in [0.1, 0.15) is 26.7 Å².